The number of carboxylic acid groups (broad SMARTS) is 6. The largest absolute Gasteiger partial charge is 0.490 e. The number of nitrogens with one attached hydrogen (secondary N) is 5. The van der Waals surface area contributed by atoms with Crippen LogP contribution in [0, 0.1) is 5.92 Å². The highest BCUT2D eigenvalue weighted by Gasteiger charge is 2.76. The molecular weight excluding hydrogens is 1420 g/mol. The molecule has 1 aliphatic heterocycles. The fourth-order valence-corrected chi connectivity index (χ4v) is 12.1. The number of alkyl halides is 3. The van der Waals surface area contributed by atoms with Crippen molar-refractivity contribution in [2.75, 3.05) is 6.54 Å². The van der Waals surface area contributed by atoms with Gasteiger partial charge in [-0.25, -0.2) is 33.6 Å². The van der Waals surface area contributed by atoms with Gasteiger partial charge in [0.2, 0.25) is 29.5 Å². The summed E-state index contributed by atoms with van der Waals surface area (Å²) in [5, 5.41) is 89.8. The van der Waals surface area contributed by atoms with E-state index in [1.54, 1.807) is 6.92 Å². The fraction of sp³-hybridized carbons (Fsp3) is 0.706. The number of aliphatic hydroxyl groups is 2. The number of carboxylic acids is 6. The Morgan fingerprint density at radius 3 is 1.43 bits per heavy atom. The molecule has 598 valence electrons. The van der Waals surface area contributed by atoms with E-state index in [1.807, 2.05) is 0 Å². The van der Waals surface area contributed by atoms with Crippen LogP contribution in [-0.2, 0) is 100 Å². The molecule has 3 aliphatic rings. The number of fused-ring (bicyclic) bond motifs is 3. The lowest BCUT2D eigenvalue weighted by Gasteiger charge is -2.41. The molecule has 0 bridgehead atoms. The summed E-state index contributed by atoms with van der Waals surface area (Å²) >= 11 is 0. The predicted octanol–water partition coefficient (Wildman–Crippen LogP) is 2.98. The van der Waals surface area contributed by atoms with E-state index < -0.39 is 243 Å². The van der Waals surface area contributed by atoms with Crippen LogP contribution >= 0.6 is 0 Å². The minimum atomic E-state index is -5.08. The molecule has 0 spiro atoms. The Labute approximate surface area is 608 Å². The van der Waals surface area contributed by atoms with Gasteiger partial charge in [0, 0.05) is 64.0 Å². The van der Waals surface area contributed by atoms with Gasteiger partial charge in [0.15, 0.2) is 29.5 Å². The van der Waals surface area contributed by atoms with Crippen LogP contribution in [0.5, 0.6) is 0 Å². The van der Waals surface area contributed by atoms with Gasteiger partial charge < -0.3 is 96.9 Å². The van der Waals surface area contributed by atoms with Gasteiger partial charge in [-0.05, 0) is 90.7 Å². The second kappa shape index (κ2) is 44.0. The maximum atomic E-state index is 13.7. The van der Waals surface area contributed by atoms with E-state index in [0.717, 1.165) is 78.1 Å². The molecule has 2 aliphatic carbocycles. The maximum Gasteiger partial charge on any atom is 0.490 e. The number of carbonyl (C=O) groups excluding carboxylic acids is 10. The molecule has 1 saturated carbocycles. The number of halogens is 3. The lowest BCUT2D eigenvalue weighted by atomic mass is 9.75. The first-order valence-electron chi connectivity index (χ1n) is 34.8. The summed E-state index contributed by atoms with van der Waals surface area (Å²) in [4.78, 5) is 197. The number of amides is 5. The van der Waals surface area contributed by atoms with Crippen LogP contribution in [0.2, 0.25) is 0 Å². The fourth-order valence-electron chi connectivity index (χ4n) is 12.1. The van der Waals surface area contributed by atoms with Crippen LogP contribution < -0.4 is 32.3 Å². The van der Waals surface area contributed by atoms with Crippen molar-refractivity contribution in [2.45, 2.75) is 293 Å². The number of carbonyl (C=O) groups is 16. The monoisotopic (exact) mass is 1520 g/mol. The molecule has 5 amide bonds. The molecule has 1 saturated heterocycles. The van der Waals surface area contributed by atoms with Crippen LogP contribution in [0.1, 0.15) is 215 Å². The Bertz CT molecular complexity index is 3210. The Hall–Kier alpha value is -9.33. The number of nitrogens with two attached hydrogens (primary N) is 1. The van der Waals surface area contributed by atoms with Gasteiger partial charge >= 0.3 is 71.8 Å². The Kier molecular flexibility index (Phi) is 38.5. The summed E-state index contributed by atoms with van der Waals surface area (Å²) in [6, 6.07) is -8.22. The molecule has 0 aromatic carbocycles. The lowest BCUT2D eigenvalue weighted by Crippen LogP contribution is -2.64. The molecule has 3 rings (SSSR count). The van der Waals surface area contributed by atoms with Crippen molar-refractivity contribution in [2.24, 2.45) is 11.7 Å². The van der Waals surface area contributed by atoms with Crippen molar-refractivity contribution in [1.29, 1.82) is 0 Å². The summed E-state index contributed by atoms with van der Waals surface area (Å²) < 4.78 is 61.7. The second-order valence-corrected chi connectivity index (χ2v) is 26.5. The predicted molar refractivity (Wildman–Crippen MR) is 357 cm³/mol. The van der Waals surface area contributed by atoms with Gasteiger partial charge in [0.25, 0.3) is 0 Å². The molecule has 106 heavy (non-hydrogen) atoms. The van der Waals surface area contributed by atoms with E-state index in [4.69, 9.17) is 44.4 Å². The van der Waals surface area contributed by atoms with Gasteiger partial charge in [-0.3, -0.25) is 43.2 Å². The standard InChI is InChI=1S/C66H100N6O27.C2HF3O2/c1-8-10-11-17-20-24-51(81)96-55-53-52(37(4)54(55)97-62(91)36(3)9-2)56-66(94,65(7,93)63(92)98-56)44(35-64(53,6)99-38(5)73)95-50(80)23-21-18-15-13-12-14-16-19-22-33-68-48(77)34-39(67)57(82)72-43(61(89)90)27-31-47(76)70-41(59(85)86)25-29-45(74)69-40(58(83)84)26-30-46(75)71-42(60(87)88)28-32-49(78)79;3-2(4,5)1(6)7/h9,39-44,53-56,93-94H,8,10-35,67H2,1-7H3,(H,68,77)(H,69,74)(H,70,76)(H,71,75)(H,72,82)(H,78,79)(H,83,84)(H,85,86)(H,87,88)(H,89,90);(H,6,7)/b36-9-;/t39-,40-,41-,42-,43-,44-,53+,54-,55-,56-,64-,65+,66+;/m0./s1. The van der Waals surface area contributed by atoms with Crippen LogP contribution in [0.4, 0.5) is 13.2 Å². The SMILES string of the molecule is C/C=C(/C)C(=O)O[C@H]1C(C)=C2[C@H]([C@@H]1OC(=O)CCCCCCC)[C@@](C)(OC(C)=O)C[C@H](OC(=O)CCCCCCCCCCCNC(=O)C[C@H](N)C(=O)N[C@@H](CCC(=O)N[C@@H](CCC(=O)N[C@@H](CCC(=O)N[C@@H](CCC(=O)O)C(=O)O)C(=O)O)C(=O)O)C(=O)O)[C@@]1(O)[C@H]2OC(=O)[C@@]1(C)O.O=C(O)C(F)(F)F. The minimum Gasteiger partial charge on any atom is -0.481 e. The van der Waals surface area contributed by atoms with E-state index in [2.05, 4.69) is 33.5 Å². The van der Waals surface area contributed by atoms with Crippen molar-refractivity contribution in [3.63, 3.8) is 0 Å². The zero-order valence-corrected chi connectivity index (χ0v) is 60.3. The van der Waals surface area contributed by atoms with Crippen molar-refractivity contribution in [1.82, 2.24) is 26.6 Å². The minimum absolute atomic E-state index is 0.00607. The van der Waals surface area contributed by atoms with Crippen molar-refractivity contribution in [3.8, 4) is 0 Å². The van der Waals surface area contributed by atoms with E-state index in [9.17, 15) is 116 Å². The molecule has 2 fully saturated rings. The Morgan fingerprint density at radius 1 is 0.604 bits per heavy atom. The lowest BCUT2D eigenvalue weighted by molar-refractivity contribution is -0.212. The first-order chi connectivity index (χ1) is 49.4. The van der Waals surface area contributed by atoms with Gasteiger partial charge in [-0.15, -0.1) is 0 Å². The quantitative estimate of drug-likeness (QED) is 0.0137. The number of ether oxygens (including phenoxy) is 5. The molecule has 0 aromatic rings. The van der Waals surface area contributed by atoms with E-state index >= 15 is 0 Å². The first kappa shape index (κ1) is 92.8. The summed E-state index contributed by atoms with van der Waals surface area (Å²) in [5.41, 5.74) is -0.816. The van der Waals surface area contributed by atoms with Crippen LogP contribution in [0.15, 0.2) is 22.8 Å². The summed E-state index contributed by atoms with van der Waals surface area (Å²) in [7, 11) is 0. The van der Waals surface area contributed by atoms with Gasteiger partial charge in [0.05, 0.1) is 18.4 Å². The second-order valence-electron chi connectivity index (χ2n) is 26.5. The number of allylic oxidation sites excluding steroid dienone is 1. The van der Waals surface area contributed by atoms with Crippen molar-refractivity contribution >= 4 is 95.2 Å². The van der Waals surface area contributed by atoms with E-state index in [-0.39, 0.29) is 36.1 Å². The zero-order chi connectivity index (χ0) is 80.6. The third kappa shape index (κ3) is 29.5. The number of esters is 5. The van der Waals surface area contributed by atoms with Crippen LogP contribution in [0.25, 0.3) is 0 Å². The highest BCUT2D eigenvalue weighted by Crippen LogP contribution is 2.58. The molecule has 15 N–H and O–H groups in total. The third-order valence-electron chi connectivity index (χ3n) is 18.1. The topological polar surface area (TPSA) is 567 Å². The van der Waals surface area contributed by atoms with Gasteiger partial charge in [0.1, 0.15) is 35.9 Å². The van der Waals surface area contributed by atoms with Crippen LogP contribution in [-0.4, -0.2) is 220 Å². The molecule has 0 radical (unpaired) electrons. The van der Waals surface area contributed by atoms with Crippen LogP contribution in [0.3, 0.4) is 0 Å². The highest BCUT2D eigenvalue weighted by molar-refractivity contribution is 5.92. The Morgan fingerprint density at radius 2 is 1.02 bits per heavy atom. The van der Waals surface area contributed by atoms with Gasteiger partial charge in [-0.2, -0.15) is 13.2 Å². The number of unbranched alkanes of at least 4 members (excludes halogenated alkanes) is 12. The number of hydrogen-bond acceptors (Lipinski definition) is 24. The van der Waals surface area contributed by atoms with E-state index in [1.165, 1.54) is 26.8 Å². The third-order valence-corrected chi connectivity index (χ3v) is 18.1. The Balaban J connectivity index is 0.00000517. The first-order valence-corrected chi connectivity index (χ1v) is 34.8. The number of hydrogen-bond donors (Lipinski definition) is 14. The van der Waals surface area contributed by atoms with Crippen molar-refractivity contribution < 1.29 is 154 Å². The molecule has 0 aromatic heterocycles. The van der Waals surface area contributed by atoms with Gasteiger partial charge in [-0.1, -0.05) is 83.6 Å². The molecule has 1 heterocycles. The molecule has 38 heteroatoms. The molecule has 13 atom stereocenters. The smallest absolute Gasteiger partial charge is 0.481 e. The molecule has 0 unspecified atom stereocenters. The normalized spacial score (nSPS) is 22.4. The highest BCUT2D eigenvalue weighted by atomic mass is 19.4. The average Bonchev–Trinajstić information content (AvgIpc) is 1.52. The maximum absolute atomic E-state index is 13.7. The number of aliphatic carboxylic acids is 6. The van der Waals surface area contributed by atoms with E-state index in [0.29, 0.717) is 25.7 Å². The molecular formula is C68H101F3N6O29. The molecule has 35 nitrogen and oxygen atoms in total. The summed E-state index contributed by atoms with van der Waals surface area (Å²) in [6.07, 6.45) is -5.16. The summed E-state index contributed by atoms with van der Waals surface area (Å²) in [6.45, 7) is 10.6. The number of rotatable bonds is 46. The zero-order valence-electron chi connectivity index (χ0n) is 60.3. The van der Waals surface area contributed by atoms with Crippen molar-refractivity contribution in [3.05, 3.63) is 22.8 Å². The summed E-state index contributed by atoms with van der Waals surface area (Å²) in [5.74, 6) is -20.5. The average molecular weight is 1520 g/mol.